The molecule has 0 aliphatic rings. The molecule has 0 saturated heterocycles. The number of nitrogens with zero attached hydrogens (tertiary/aromatic N) is 1. The number of non-ortho nitro benzene ring substituents is 1. The molecule has 110 valence electrons. The third-order valence-corrected chi connectivity index (χ3v) is 3.91. The van der Waals surface area contributed by atoms with Gasteiger partial charge in [-0.25, -0.2) is 0 Å². The standard InChI is InChI=1S/C13H17IN2O4/c1-8(2)12(5-6-17)15-13(18)10-7-9(16(19)20)3-4-11(10)14/h3-4,7-8,12,17H,5-6H2,1-2H3,(H,15,18). The molecule has 1 aromatic carbocycles. The fraction of sp³-hybridized carbons (Fsp3) is 0.462. The molecule has 0 saturated carbocycles. The van der Waals surface area contributed by atoms with Gasteiger partial charge in [-0.2, -0.15) is 0 Å². The van der Waals surface area contributed by atoms with Crippen LogP contribution in [0.1, 0.15) is 30.6 Å². The SMILES string of the molecule is CC(C)C(CCO)NC(=O)c1cc([N+](=O)[O-])ccc1I. The quantitative estimate of drug-likeness (QED) is 0.442. The van der Waals surface area contributed by atoms with Crippen molar-refractivity contribution in [3.8, 4) is 0 Å². The Bertz CT molecular complexity index is 505. The maximum atomic E-state index is 12.2. The minimum absolute atomic E-state index is 0.0187. The fourth-order valence-electron chi connectivity index (χ4n) is 1.76. The van der Waals surface area contributed by atoms with Crippen LogP contribution in [0.5, 0.6) is 0 Å². The molecule has 0 bridgehead atoms. The Morgan fingerprint density at radius 3 is 2.65 bits per heavy atom. The zero-order chi connectivity index (χ0) is 15.3. The Kier molecular flexibility index (Phi) is 6.34. The van der Waals surface area contributed by atoms with Crippen molar-refractivity contribution in [3.05, 3.63) is 37.4 Å². The van der Waals surface area contributed by atoms with E-state index in [0.717, 1.165) is 0 Å². The molecule has 0 spiro atoms. The molecule has 1 amide bonds. The molecule has 1 aromatic rings. The van der Waals surface area contributed by atoms with Crippen molar-refractivity contribution in [2.24, 2.45) is 5.92 Å². The molecule has 1 rings (SSSR count). The third-order valence-electron chi connectivity index (χ3n) is 2.97. The van der Waals surface area contributed by atoms with Crippen LogP contribution in [0.15, 0.2) is 18.2 Å². The van der Waals surface area contributed by atoms with Crippen molar-refractivity contribution in [1.82, 2.24) is 5.32 Å². The number of halogens is 1. The second kappa shape index (κ2) is 7.53. The number of nitro benzene ring substituents is 1. The van der Waals surface area contributed by atoms with Crippen LogP contribution in [0.2, 0.25) is 0 Å². The van der Waals surface area contributed by atoms with Gasteiger partial charge in [-0.05, 0) is 41.0 Å². The lowest BCUT2D eigenvalue weighted by molar-refractivity contribution is -0.384. The number of benzene rings is 1. The number of amides is 1. The topological polar surface area (TPSA) is 92.5 Å². The van der Waals surface area contributed by atoms with Crippen LogP contribution in [-0.4, -0.2) is 28.6 Å². The van der Waals surface area contributed by atoms with Crippen molar-refractivity contribution in [2.75, 3.05) is 6.61 Å². The Morgan fingerprint density at radius 1 is 1.50 bits per heavy atom. The van der Waals surface area contributed by atoms with E-state index < -0.39 is 4.92 Å². The first-order chi connectivity index (χ1) is 9.36. The molecule has 7 heteroatoms. The second-order valence-corrected chi connectivity index (χ2v) is 5.92. The lowest BCUT2D eigenvalue weighted by Gasteiger charge is -2.21. The first-order valence-electron chi connectivity index (χ1n) is 6.22. The Morgan fingerprint density at radius 2 is 2.15 bits per heavy atom. The van der Waals surface area contributed by atoms with E-state index >= 15 is 0 Å². The highest BCUT2D eigenvalue weighted by molar-refractivity contribution is 14.1. The second-order valence-electron chi connectivity index (χ2n) is 4.76. The summed E-state index contributed by atoms with van der Waals surface area (Å²) in [4.78, 5) is 22.4. The highest BCUT2D eigenvalue weighted by Gasteiger charge is 2.20. The van der Waals surface area contributed by atoms with Crippen LogP contribution < -0.4 is 5.32 Å². The van der Waals surface area contributed by atoms with Gasteiger partial charge in [0.05, 0.1) is 10.5 Å². The molecule has 1 atom stereocenters. The van der Waals surface area contributed by atoms with Crippen LogP contribution in [0.25, 0.3) is 0 Å². The van der Waals surface area contributed by atoms with Crippen LogP contribution in [0.4, 0.5) is 5.69 Å². The lowest BCUT2D eigenvalue weighted by Crippen LogP contribution is -2.39. The van der Waals surface area contributed by atoms with E-state index in [9.17, 15) is 14.9 Å². The van der Waals surface area contributed by atoms with E-state index in [1.807, 2.05) is 36.4 Å². The van der Waals surface area contributed by atoms with Gasteiger partial charge in [0.2, 0.25) is 0 Å². The monoisotopic (exact) mass is 392 g/mol. The minimum atomic E-state index is -0.527. The summed E-state index contributed by atoms with van der Waals surface area (Å²) in [5.74, 6) is -0.187. The average molecular weight is 392 g/mol. The average Bonchev–Trinajstić information content (AvgIpc) is 2.38. The molecule has 2 N–H and O–H groups in total. The minimum Gasteiger partial charge on any atom is -0.396 e. The number of nitrogens with one attached hydrogen (secondary N) is 1. The number of rotatable bonds is 6. The zero-order valence-electron chi connectivity index (χ0n) is 11.3. The van der Waals surface area contributed by atoms with E-state index in [1.165, 1.54) is 12.1 Å². The molecule has 0 aliphatic heterocycles. The number of carbonyl (C=O) groups excluding carboxylic acids is 1. The smallest absolute Gasteiger partial charge is 0.270 e. The van der Waals surface area contributed by atoms with Gasteiger partial charge in [-0.15, -0.1) is 0 Å². The van der Waals surface area contributed by atoms with E-state index in [1.54, 1.807) is 6.07 Å². The lowest BCUT2D eigenvalue weighted by atomic mass is 10.0. The number of hydrogen-bond donors (Lipinski definition) is 2. The Labute approximate surface area is 130 Å². The normalized spacial score (nSPS) is 12.2. The van der Waals surface area contributed by atoms with Gasteiger partial charge in [0.15, 0.2) is 0 Å². The van der Waals surface area contributed by atoms with E-state index in [4.69, 9.17) is 5.11 Å². The number of aliphatic hydroxyl groups is 1. The Balaban J connectivity index is 2.96. The zero-order valence-corrected chi connectivity index (χ0v) is 13.5. The van der Waals surface area contributed by atoms with Crippen LogP contribution >= 0.6 is 22.6 Å². The van der Waals surface area contributed by atoms with Gasteiger partial charge in [-0.3, -0.25) is 14.9 Å². The van der Waals surface area contributed by atoms with Crippen LogP contribution in [0, 0.1) is 19.6 Å². The van der Waals surface area contributed by atoms with Crippen molar-refractivity contribution >= 4 is 34.2 Å². The number of carbonyl (C=O) groups is 1. The van der Waals surface area contributed by atoms with E-state index in [2.05, 4.69) is 5.32 Å². The summed E-state index contributed by atoms with van der Waals surface area (Å²) < 4.78 is 0.650. The molecular weight excluding hydrogens is 375 g/mol. The van der Waals surface area contributed by atoms with Crippen LogP contribution in [0.3, 0.4) is 0 Å². The maximum absolute atomic E-state index is 12.2. The van der Waals surface area contributed by atoms with Crippen molar-refractivity contribution in [2.45, 2.75) is 26.3 Å². The van der Waals surface area contributed by atoms with Crippen LogP contribution in [-0.2, 0) is 0 Å². The molecule has 6 nitrogen and oxygen atoms in total. The first-order valence-corrected chi connectivity index (χ1v) is 7.30. The van der Waals surface area contributed by atoms with Crippen molar-refractivity contribution in [1.29, 1.82) is 0 Å². The molecular formula is C13H17IN2O4. The summed E-state index contributed by atoms with van der Waals surface area (Å²) in [6.07, 6.45) is 0.453. The molecule has 0 aliphatic carbocycles. The predicted molar refractivity (Wildman–Crippen MR) is 83.6 cm³/mol. The largest absolute Gasteiger partial charge is 0.396 e. The van der Waals surface area contributed by atoms with Gasteiger partial charge >= 0.3 is 0 Å². The number of aliphatic hydroxyl groups excluding tert-OH is 1. The van der Waals surface area contributed by atoms with Crippen molar-refractivity contribution < 1.29 is 14.8 Å². The molecule has 0 heterocycles. The van der Waals surface area contributed by atoms with Gasteiger partial charge in [-0.1, -0.05) is 13.8 Å². The summed E-state index contributed by atoms with van der Waals surface area (Å²) in [6, 6.07) is 4.02. The number of hydrogen-bond acceptors (Lipinski definition) is 4. The molecule has 0 aromatic heterocycles. The van der Waals surface area contributed by atoms with E-state index in [-0.39, 0.29) is 35.7 Å². The fourth-order valence-corrected chi connectivity index (χ4v) is 2.34. The molecule has 0 fully saturated rings. The first kappa shape index (κ1) is 16.8. The molecule has 20 heavy (non-hydrogen) atoms. The van der Waals surface area contributed by atoms with Crippen molar-refractivity contribution in [3.63, 3.8) is 0 Å². The van der Waals surface area contributed by atoms with Gasteiger partial charge in [0.1, 0.15) is 0 Å². The highest BCUT2D eigenvalue weighted by Crippen LogP contribution is 2.20. The summed E-state index contributed by atoms with van der Waals surface area (Å²) in [7, 11) is 0. The predicted octanol–water partition coefficient (Wildman–Crippen LogP) is 2.34. The summed E-state index contributed by atoms with van der Waals surface area (Å²) in [6.45, 7) is 3.87. The Hall–Kier alpha value is -1.22. The maximum Gasteiger partial charge on any atom is 0.270 e. The molecule has 0 radical (unpaired) electrons. The third kappa shape index (κ3) is 4.41. The number of nitro groups is 1. The van der Waals surface area contributed by atoms with Gasteiger partial charge in [0.25, 0.3) is 11.6 Å². The highest BCUT2D eigenvalue weighted by atomic mass is 127. The van der Waals surface area contributed by atoms with Gasteiger partial charge < -0.3 is 10.4 Å². The van der Waals surface area contributed by atoms with Gasteiger partial charge in [0, 0.05) is 28.4 Å². The summed E-state index contributed by atoms with van der Waals surface area (Å²) in [5, 5.41) is 22.6. The summed E-state index contributed by atoms with van der Waals surface area (Å²) in [5.41, 5.74) is 0.169. The molecule has 1 unspecified atom stereocenters. The summed E-state index contributed by atoms with van der Waals surface area (Å²) >= 11 is 1.97. The van der Waals surface area contributed by atoms with E-state index in [0.29, 0.717) is 9.99 Å².